The van der Waals surface area contributed by atoms with E-state index in [0.29, 0.717) is 0 Å². The summed E-state index contributed by atoms with van der Waals surface area (Å²) >= 11 is 0. The minimum absolute atomic E-state index is 1.05. The zero-order valence-corrected chi connectivity index (χ0v) is 15.4. The first-order valence-corrected chi connectivity index (χ1v) is 13.3. The molecule has 0 N–H and O–H groups in total. The van der Waals surface area contributed by atoms with Gasteiger partial charge in [0.25, 0.3) is 0 Å². The Hall–Kier alpha value is 0.217. The van der Waals surface area contributed by atoms with Crippen molar-refractivity contribution in [2.24, 2.45) is 23.7 Å². The third-order valence-corrected chi connectivity index (χ3v) is 13.8. The molecule has 1 heteroatoms. The van der Waals surface area contributed by atoms with Crippen molar-refractivity contribution in [3.05, 3.63) is 0 Å². The van der Waals surface area contributed by atoms with Crippen molar-refractivity contribution in [1.29, 1.82) is 0 Å². The van der Waals surface area contributed by atoms with E-state index in [2.05, 4.69) is 13.1 Å². The highest BCUT2D eigenvalue weighted by Gasteiger charge is 2.53. The minimum atomic E-state index is -1.05. The predicted octanol–water partition coefficient (Wildman–Crippen LogP) is 6.64. The molecule has 21 heavy (non-hydrogen) atoms. The molecule has 0 radical (unpaired) electrons. The van der Waals surface area contributed by atoms with Gasteiger partial charge < -0.3 is 0 Å². The molecular formula is C20H36Si. The predicted molar refractivity (Wildman–Crippen MR) is 94.3 cm³/mol. The number of hydrogen-bond acceptors (Lipinski definition) is 0. The van der Waals surface area contributed by atoms with Crippen molar-refractivity contribution in [2.45, 2.75) is 101 Å². The number of hydrogen-bond donors (Lipinski definition) is 0. The SMILES string of the molecule is C[Si](C)([C@H]1CCC2CCCCC21)[C@H]1CCC2CCCCC21. The number of fused-ring (bicyclic) bond motifs is 2. The van der Waals surface area contributed by atoms with Crippen molar-refractivity contribution < 1.29 is 0 Å². The van der Waals surface area contributed by atoms with Gasteiger partial charge in [0.1, 0.15) is 0 Å². The summed E-state index contributed by atoms with van der Waals surface area (Å²) in [7, 11) is -1.05. The molecule has 0 amide bonds. The van der Waals surface area contributed by atoms with Crippen LogP contribution in [0, 0.1) is 23.7 Å². The van der Waals surface area contributed by atoms with Gasteiger partial charge in [-0.25, -0.2) is 0 Å². The molecule has 0 spiro atoms. The van der Waals surface area contributed by atoms with Crippen LogP contribution in [0.2, 0.25) is 24.2 Å². The van der Waals surface area contributed by atoms with Crippen molar-refractivity contribution in [3.63, 3.8) is 0 Å². The molecule has 0 aromatic heterocycles. The Kier molecular flexibility index (Phi) is 4.01. The molecule has 0 aromatic rings. The fourth-order valence-corrected chi connectivity index (χ4v) is 13.0. The van der Waals surface area contributed by atoms with Crippen molar-refractivity contribution in [3.8, 4) is 0 Å². The van der Waals surface area contributed by atoms with Gasteiger partial charge in [-0.05, 0) is 34.8 Å². The van der Waals surface area contributed by atoms with Crippen LogP contribution in [0.5, 0.6) is 0 Å². The Morgan fingerprint density at radius 2 is 0.952 bits per heavy atom. The van der Waals surface area contributed by atoms with E-state index >= 15 is 0 Å². The molecule has 4 rings (SSSR count). The van der Waals surface area contributed by atoms with E-state index in [9.17, 15) is 0 Å². The Morgan fingerprint density at radius 3 is 1.43 bits per heavy atom. The summed E-state index contributed by atoms with van der Waals surface area (Å²) in [6, 6.07) is 0. The molecule has 4 aliphatic carbocycles. The van der Waals surface area contributed by atoms with Crippen molar-refractivity contribution in [1.82, 2.24) is 0 Å². The van der Waals surface area contributed by atoms with E-state index in [1.165, 1.54) is 22.9 Å². The van der Waals surface area contributed by atoms with Gasteiger partial charge in [-0.2, -0.15) is 0 Å². The molecule has 0 heterocycles. The summed E-state index contributed by atoms with van der Waals surface area (Å²) in [5, 5.41) is 0. The highest BCUT2D eigenvalue weighted by Crippen LogP contribution is 2.61. The Morgan fingerprint density at radius 1 is 0.524 bits per heavy atom. The fourth-order valence-electron chi connectivity index (χ4n) is 7.59. The second-order valence-electron chi connectivity index (χ2n) is 9.61. The number of rotatable bonds is 2. The maximum absolute atomic E-state index is 2.83. The first kappa shape index (κ1) is 14.8. The van der Waals surface area contributed by atoms with Crippen molar-refractivity contribution in [2.75, 3.05) is 0 Å². The monoisotopic (exact) mass is 304 g/mol. The average Bonchev–Trinajstić information content (AvgIpc) is 3.12. The topological polar surface area (TPSA) is 0 Å². The lowest BCUT2D eigenvalue weighted by Crippen LogP contribution is -2.43. The first-order valence-electron chi connectivity index (χ1n) is 10.2. The van der Waals surface area contributed by atoms with Crippen LogP contribution in [0.3, 0.4) is 0 Å². The molecule has 4 fully saturated rings. The van der Waals surface area contributed by atoms with E-state index in [1.54, 1.807) is 77.0 Å². The highest BCUT2D eigenvalue weighted by atomic mass is 28.3. The minimum Gasteiger partial charge on any atom is -0.0689 e. The first-order chi connectivity index (χ1) is 10.2. The van der Waals surface area contributed by atoms with Crippen LogP contribution in [-0.4, -0.2) is 8.07 Å². The van der Waals surface area contributed by atoms with E-state index in [-0.39, 0.29) is 0 Å². The van der Waals surface area contributed by atoms with Crippen LogP contribution in [-0.2, 0) is 0 Å². The van der Waals surface area contributed by atoms with Gasteiger partial charge in [-0.1, -0.05) is 90.1 Å². The van der Waals surface area contributed by atoms with Crippen LogP contribution in [0.15, 0.2) is 0 Å². The van der Waals surface area contributed by atoms with Gasteiger partial charge in [-0.3, -0.25) is 0 Å². The van der Waals surface area contributed by atoms with Gasteiger partial charge >= 0.3 is 0 Å². The zero-order valence-electron chi connectivity index (χ0n) is 14.4. The largest absolute Gasteiger partial charge is 0.0689 e. The maximum Gasteiger partial charge on any atom is 0.0541 e. The summed E-state index contributed by atoms with van der Waals surface area (Å²) in [6.45, 7) is 5.66. The van der Waals surface area contributed by atoms with Crippen LogP contribution in [0.4, 0.5) is 0 Å². The van der Waals surface area contributed by atoms with E-state index in [0.717, 1.165) is 11.8 Å². The molecule has 120 valence electrons. The molecule has 6 atom stereocenters. The smallest absolute Gasteiger partial charge is 0.0541 e. The lowest BCUT2D eigenvalue weighted by atomic mass is 9.81. The summed E-state index contributed by atoms with van der Waals surface area (Å²) in [5.41, 5.74) is 2.40. The quantitative estimate of drug-likeness (QED) is 0.502. The normalized spacial score (nSPS) is 47.1. The third kappa shape index (κ3) is 2.46. The van der Waals surface area contributed by atoms with E-state index < -0.39 is 8.07 Å². The summed E-state index contributed by atoms with van der Waals surface area (Å²) in [5.74, 6) is 4.64. The fraction of sp³-hybridized carbons (Fsp3) is 1.00. The highest BCUT2D eigenvalue weighted by molar-refractivity contribution is 6.80. The molecule has 0 aromatic carbocycles. The van der Waals surface area contributed by atoms with Gasteiger partial charge in [0.2, 0.25) is 0 Å². The second-order valence-corrected chi connectivity index (χ2v) is 14.7. The van der Waals surface area contributed by atoms with Gasteiger partial charge in [0, 0.05) is 0 Å². The lowest BCUT2D eigenvalue weighted by Gasteiger charge is -2.45. The van der Waals surface area contributed by atoms with Gasteiger partial charge in [-0.15, -0.1) is 0 Å². The molecule has 0 aliphatic heterocycles. The van der Waals surface area contributed by atoms with Gasteiger partial charge in [0.05, 0.1) is 8.07 Å². The standard InChI is InChI=1S/C20H36Si/c1-21(2,19-13-11-15-7-3-5-9-17(15)19)20-14-12-16-8-4-6-10-18(16)20/h15-20H,3-14H2,1-2H3/t15?,16?,17?,18?,19-,20-/m0/s1. The Labute approximate surface area is 133 Å². The van der Waals surface area contributed by atoms with Crippen molar-refractivity contribution >= 4 is 8.07 Å². The molecule has 0 nitrogen and oxygen atoms in total. The average molecular weight is 305 g/mol. The summed E-state index contributed by atoms with van der Waals surface area (Å²) in [4.78, 5) is 0. The maximum atomic E-state index is 2.83. The molecular weight excluding hydrogens is 268 g/mol. The zero-order chi connectivity index (χ0) is 14.4. The van der Waals surface area contributed by atoms with Crippen LogP contribution in [0.1, 0.15) is 77.0 Å². The Balaban J connectivity index is 1.52. The second kappa shape index (κ2) is 5.69. The molecule has 4 unspecified atom stereocenters. The summed E-state index contributed by atoms with van der Waals surface area (Å²) < 4.78 is 0. The molecule has 0 saturated heterocycles. The molecule has 4 aliphatic rings. The lowest BCUT2D eigenvalue weighted by molar-refractivity contribution is 0.263. The van der Waals surface area contributed by atoms with Crippen LogP contribution in [0.25, 0.3) is 0 Å². The Bertz CT molecular complexity index is 340. The molecule has 0 bridgehead atoms. The summed E-state index contributed by atoms with van der Waals surface area (Å²) in [6.07, 6.45) is 19.0. The third-order valence-electron chi connectivity index (χ3n) is 8.58. The van der Waals surface area contributed by atoms with E-state index in [1.807, 2.05) is 0 Å². The van der Waals surface area contributed by atoms with Gasteiger partial charge in [0.15, 0.2) is 0 Å². The molecule has 4 saturated carbocycles. The van der Waals surface area contributed by atoms with E-state index in [4.69, 9.17) is 0 Å². The van der Waals surface area contributed by atoms with Crippen LogP contribution >= 0.6 is 0 Å². The van der Waals surface area contributed by atoms with Crippen LogP contribution < -0.4 is 0 Å².